The molecule has 0 radical (unpaired) electrons. The molecule has 6 aliphatic rings. The van der Waals surface area contributed by atoms with E-state index in [2.05, 4.69) is 41.5 Å². The Morgan fingerprint density at radius 3 is 0.431 bits per heavy atom. The van der Waals surface area contributed by atoms with Crippen LogP contribution in [0.4, 0.5) is 0 Å². The van der Waals surface area contributed by atoms with E-state index >= 15 is 0 Å². The van der Waals surface area contributed by atoms with Crippen molar-refractivity contribution in [1.82, 2.24) is 59.5 Å². The van der Waals surface area contributed by atoms with Crippen molar-refractivity contribution in [2.45, 2.75) is 83.1 Å². The first-order valence-corrected chi connectivity index (χ1v) is 15.7. The molecule has 0 aromatic carbocycles. The zero-order chi connectivity index (χ0) is 33.8. The molecule has 6 heterocycles. The summed E-state index contributed by atoms with van der Waals surface area (Å²) in [4.78, 5) is 12.0. The van der Waals surface area contributed by atoms with E-state index in [1.165, 1.54) is 19.3 Å². The van der Waals surface area contributed by atoms with Crippen LogP contribution in [0.1, 0.15) is 83.1 Å². The van der Waals surface area contributed by atoms with Gasteiger partial charge in [0.05, 0.1) is 0 Å². The van der Waals surface area contributed by atoms with E-state index in [4.69, 9.17) is 0 Å². The van der Waals surface area contributed by atoms with Gasteiger partial charge in [0.2, 0.25) is 0 Å². The Morgan fingerprint density at radius 2 is 0.373 bits per heavy atom. The van der Waals surface area contributed by atoms with Crippen LogP contribution in [-0.2, 0) is 63.2 Å². The monoisotopic (exact) mass is 1260 g/mol. The normalized spacial score (nSPS) is 16.5. The largest absolute Gasteiger partial charge is 2.00 e. The summed E-state index contributed by atoms with van der Waals surface area (Å²) >= 11 is 0. The number of hydrazine groups is 3. The van der Waals surface area contributed by atoms with Crippen molar-refractivity contribution in [3.8, 4) is 0 Å². The van der Waals surface area contributed by atoms with E-state index in [1.807, 2.05) is 216 Å². The molecule has 0 amide bonds. The Hall–Kier alpha value is -1.90. The van der Waals surface area contributed by atoms with Gasteiger partial charge in [0.25, 0.3) is 0 Å². The van der Waals surface area contributed by atoms with E-state index in [9.17, 15) is 0 Å². The number of nitrogens with zero attached hydrogens (tertiary/aromatic N) is 12. The predicted octanol–water partition coefficient (Wildman–Crippen LogP) is 7.88. The summed E-state index contributed by atoms with van der Waals surface area (Å²) in [6, 6.07) is 0. The fraction of sp³-hybridized carbons (Fsp3) is 0.500. The molecule has 0 bridgehead atoms. The van der Waals surface area contributed by atoms with Crippen LogP contribution in [0.15, 0.2) is 74.4 Å². The molecular weight excluding hydrogens is 1190 g/mol. The summed E-state index contributed by atoms with van der Waals surface area (Å²) in [7, 11) is 12.0. The van der Waals surface area contributed by atoms with Gasteiger partial charge < -0.3 is 59.5 Å². The summed E-state index contributed by atoms with van der Waals surface area (Å²) in [5.74, 6) is 0. The van der Waals surface area contributed by atoms with Crippen molar-refractivity contribution in [1.29, 1.82) is 0 Å². The number of rotatable bonds is 3. The molecule has 15 heteroatoms. The molecule has 0 unspecified atom stereocenters. The second-order valence-corrected chi connectivity index (χ2v) is 10.9. The van der Waals surface area contributed by atoms with Crippen LogP contribution >= 0.6 is 0 Å². The van der Waals surface area contributed by atoms with E-state index in [1.54, 1.807) is 0 Å². The number of hydrogen-bond donors (Lipinski definition) is 0. The van der Waals surface area contributed by atoms with Crippen LogP contribution < -0.4 is 0 Å². The van der Waals surface area contributed by atoms with Gasteiger partial charge in [0.1, 0.15) is 0 Å². The Bertz CT molecular complexity index is 775. The Balaban J connectivity index is -0.000000127. The molecular formula is C36H72N12Pt3. The van der Waals surface area contributed by atoms with Crippen LogP contribution in [-0.4, -0.2) is 102 Å². The third-order valence-corrected chi connectivity index (χ3v) is 5.33. The fourth-order valence-corrected chi connectivity index (χ4v) is 3.44. The number of hydrogen-bond acceptors (Lipinski definition) is 12. The SMILES string of the molecule is C.C.C.CCC.CCC.CCC.CN1C=CN(N2C=CN(C)[CH-]2)[CH-]1.CN1C=CN(N2C=CN(C)[CH-]2)[CH-]1.CN1C=CN(N2C=CN(C)[CH-]2)[CH-]1.[Pt+2].[Pt+2].[Pt+2]. The van der Waals surface area contributed by atoms with Gasteiger partial charge in [-0.3, -0.25) is 0 Å². The molecule has 6 aliphatic heterocycles. The molecule has 6 rings (SSSR count). The fourth-order valence-electron chi connectivity index (χ4n) is 3.44. The van der Waals surface area contributed by atoms with E-state index in [0.717, 1.165) is 0 Å². The van der Waals surface area contributed by atoms with Gasteiger partial charge in [-0.2, -0.15) is 0 Å². The van der Waals surface area contributed by atoms with Crippen molar-refractivity contribution >= 4 is 0 Å². The summed E-state index contributed by atoms with van der Waals surface area (Å²) in [6.45, 7) is 24.8. The minimum absolute atomic E-state index is 0. The van der Waals surface area contributed by atoms with Crippen molar-refractivity contribution in [3.63, 3.8) is 0 Å². The smallest absolute Gasteiger partial charge is 0.509 e. The zero-order valence-corrected chi connectivity index (χ0v) is 37.6. The molecule has 306 valence electrons. The van der Waals surface area contributed by atoms with Gasteiger partial charge in [-0.15, -0.1) is 40.0 Å². The molecule has 0 aromatic rings. The molecule has 0 saturated carbocycles. The Labute approximate surface area is 360 Å². The van der Waals surface area contributed by atoms with Crippen molar-refractivity contribution in [2.24, 2.45) is 0 Å². The Kier molecular flexibility index (Phi) is 42.2. The maximum Gasteiger partial charge on any atom is 2.00 e. The van der Waals surface area contributed by atoms with Gasteiger partial charge in [-0.05, 0) is 79.5 Å². The van der Waals surface area contributed by atoms with Crippen molar-refractivity contribution < 1.29 is 63.2 Å². The molecule has 0 saturated heterocycles. The molecule has 0 aliphatic carbocycles. The van der Waals surface area contributed by atoms with Crippen LogP contribution in [0.3, 0.4) is 0 Å². The van der Waals surface area contributed by atoms with Crippen molar-refractivity contribution in [3.05, 3.63) is 114 Å². The quantitative estimate of drug-likeness (QED) is 0.259. The molecule has 0 atom stereocenters. The van der Waals surface area contributed by atoms with E-state index < -0.39 is 0 Å². The van der Waals surface area contributed by atoms with Crippen molar-refractivity contribution in [2.75, 3.05) is 42.3 Å². The molecule has 0 aromatic heterocycles. The van der Waals surface area contributed by atoms with Gasteiger partial charge in [-0.25, -0.2) is 0 Å². The zero-order valence-electron chi connectivity index (χ0n) is 30.8. The van der Waals surface area contributed by atoms with Crippen LogP contribution in [0.5, 0.6) is 0 Å². The maximum absolute atomic E-state index is 2.12. The topological polar surface area (TPSA) is 38.9 Å². The summed E-state index contributed by atoms with van der Waals surface area (Å²) in [5, 5.41) is 12.0. The summed E-state index contributed by atoms with van der Waals surface area (Å²) < 4.78 is 0. The van der Waals surface area contributed by atoms with Gasteiger partial charge >= 0.3 is 63.2 Å². The average molecular weight is 1260 g/mol. The second-order valence-electron chi connectivity index (χ2n) is 10.9. The third kappa shape index (κ3) is 24.9. The molecule has 0 fully saturated rings. The van der Waals surface area contributed by atoms with E-state index in [0.29, 0.717) is 0 Å². The summed E-state index contributed by atoms with van der Waals surface area (Å²) in [5.41, 5.74) is 0. The van der Waals surface area contributed by atoms with Gasteiger partial charge in [0, 0.05) is 37.2 Å². The molecule has 0 spiro atoms. The third-order valence-electron chi connectivity index (χ3n) is 5.33. The molecule has 51 heavy (non-hydrogen) atoms. The van der Waals surface area contributed by atoms with Gasteiger partial charge in [0.15, 0.2) is 0 Å². The van der Waals surface area contributed by atoms with Crippen LogP contribution in [0.2, 0.25) is 0 Å². The summed E-state index contributed by atoms with van der Waals surface area (Å²) in [6.07, 6.45) is 27.8. The molecule has 0 N–H and O–H groups in total. The molecule has 12 nitrogen and oxygen atoms in total. The predicted molar refractivity (Wildman–Crippen MR) is 206 cm³/mol. The first kappa shape index (κ1) is 61.2. The standard InChI is InChI=1S/3C8H12N4.3C3H8.3CH4.3Pt/c3*1-9-3-5-11(7-9)12-6-4-10(2)8-12;3*1-3-2;;;;;;/h3*3-8H,1-2H3;3*3H2,1-2H3;3*1H4;;;/q3*-2;;;;;;;3*+2. The average Bonchev–Trinajstić information content (AvgIpc) is 3.82. The minimum Gasteiger partial charge on any atom is -0.509 e. The first-order valence-electron chi connectivity index (χ1n) is 15.7. The second kappa shape index (κ2) is 35.2. The van der Waals surface area contributed by atoms with E-state index in [-0.39, 0.29) is 85.5 Å². The van der Waals surface area contributed by atoms with Crippen LogP contribution in [0.25, 0.3) is 0 Å². The van der Waals surface area contributed by atoms with Crippen LogP contribution in [0, 0.1) is 40.0 Å². The maximum atomic E-state index is 2.12. The first-order chi connectivity index (χ1) is 21.5. The minimum atomic E-state index is 0. The Morgan fingerprint density at radius 1 is 0.275 bits per heavy atom. The van der Waals surface area contributed by atoms with Gasteiger partial charge in [-0.1, -0.05) is 83.1 Å².